The monoisotopic (exact) mass is 269 g/mol. The van der Waals surface area contributed by atoms with Gasteiger partial charge in [-0.3, -0.25) is 0 Å². The zero-order valence-corrected chi connectivity index (χ0v) is 12.9. The van der Waals surface area contributed by atoms with E-state index in [-0.39, 0.29) is 17.6 Å². The van der Waals surface area contributed by atoms with Gasteiger partial charge in [0, 0.05) is 6.61 Å². The molecule has 0 saturated carbocycles. The van der Waals surface area contributed by atoms with Crippen LogP contribution in [0.1, 0.15) is 71.8 Å². The van der Waals surface area contributed by atoms with Crippen molar-refractivity contribution in [1.82, 2.24) is 10.1 Å². The SMILES string of the molecule is CCOC(c1noc(C(N)CC(C)C)n1)C(C)(C)C. The summed E-state index contributed by atoms with van der Waals surface area (Å²) in [4.78, 5) is 4.42. The summed E-state index contributed by atoms with van der Waals surface area (Å²) in [6, 6.07) is -0.205. The molecule has 0 aliphatic heterocycles. The second-order valence-corrected chi connectivity index (χ2v) is 6.43. The maximum atomic E-state index is 6.06. The Morgan fingerprint density at radius 2 is 1.95 bits per heavy atom. The van der Waals surface area contributed by atoms with Crippen LogP contribution in [0.4, 0.5) is 0 Å². The van der Waals surface area contributed by atoms with Gasteiger partial charge in [0.05, 0.1) is 6.04 Å². The van der Waals surface area contributed by atoms with Gasteiger partial charge < -0.3 is 15.0 Å². The molecule has 19 heavy (non-hydrogen) atoms. The van der Waals surface area contributed by atoms with Crippen molar-refractivity contribution in [2.24, 2.45) is 17.1 Å². The van der Waals surface area contributed by atoms with Crippen molar-refractivity contribution in [3.05, 3.63) is 11.7 Å². The van der Waals surface area contributed by atoms with Gasteiger partial charge >= 0.3 is 0 Å². The number of nitrogens with zero attached hydrogens (tertiary/aromatic N) is 2. The van der Waals surface area contributed by atoms with E-state index in [0.29, 0.717) is 24.2 Å². The highest BCUT2D eigenvalue weighted by atomic mass is 16.5. The molecule has 1 heterocycles. The third-order valence-electron chi connectivity index (χ3n) is 2.85. The first-order chi connectivity index (χ1) is 8.75. The first-order valence-electron chi connectivity index (χ1n) is 6.96. The summed E-state index contributed by atoms with van der Waals surface area (Å²) in [7, 11) is 0. The predicted molar refractivity (Wildman–Crippen MR) is 74.5 cm³/mol. The lowest BCUT2D eigenvalue weighted by atomic mass is 9.88. The molecule has 0 fully saturated rings. The van der Waals surface area contributed by atoms with E-state index in [2.05, 4.69) is 44.8 Å². The van der Waals surface area contributed by atoms with Gasteiger partial charge in [-0.25, -0.2) is 0 Å². The van der Waals surface area contributed by atoms with Gasteiger partial charge in [0.15, 0.2) is 0 Å². The molecule has 0 aliphatic rings. The summed E-state index contributed by atoms with van der Waals surface area (Å²) in [6.45, 7) is 13.1. The van der Waals surface area contributed by atoms with Crippen LogP contribution in [0.25, 0.3) is 0 Å². The van der Waals surface area contributed by atoms with Gasteiger partial charge in [0.2, 0.25) is 11.7 Å². The quantitative estimate of drug-likeness (QED) is 0.858. The molecule has 0 aromatic carbocycles. The van der Waals surface area contributed by atoms with Crippen LogP contribution in [0, 0.1) is 11.3 Å². The number of hydrogen-bond donors (Lipinski definition) is 1. The van der Waals surface area contributed by atoms with Gasteiger partial charge in [-0.1, -0.05) is 39.8 Å². The molecule has 0 spiro atoms. The van der Waals surface area contributed by atoms with Crippen LogP contribution in [0.3, 0.4) is 0 Å². The summed E-state index contributed by atoms with van der Waals surface area (Å²) in [5, 5.41) is 4.04. The minimum absolute atomic E-state index is 0.0840. The molecule has 0 bridgehead atoms. The fourth-order valence-electron chi connectivity index (χ4n) is 1.99. The number of rotatable bonds is 6. The zero-order chi connectivity index (χ0) is 14.6. The molecule has 1 aromatic rings. The zero-order valence-electron chi connectivity index (χ0n) is 12.9. The van der Waals surface area contributed by atoms with Crippen LogP contribution in [-0.4, -0.2) is 16.7 Å². The fraction of sp³-hybridized carbons (Fsp3) is 0.857. The van der Waals surface area contributed by atoms with Crippen molar-refractivity contribution in [2.75, 3.05) is 6.61 Å². The minimum Gasteiger partial charge on any atom is -0.370 e. The van der Waals surface area contributed by atoms with Crippen LogP contribution < -0.4 is 5.73 Å². The van der Waals surface area contributed by atoms with Gasteiger partial charge in [-0.2, -0.15) is 4.98 Å². The first kappa shape index (κ1) is 16.1. The van der Waals surface area contributed by atoms with Crippen LogP contribution in [0.5, 0.6) is 0 Å². The second-order valence-electron chi connectivity index (χ2n) is 6.43. The lowest BCUT2D eigenvalue weighted by Gasteiger charge is -2.27. The van der Waals surface area contributed by atoms with Crippen molar-refractivity contribution < 1.29 is 9.26 Å². The number of aromatic nitrogens is 2. The van der Waals surface area contributed by atoms with Gasteiger partial charge in [0.25, 0.3) is 0 Å². The topological polar surface area (TPSA) is 74.2 Å². The lowest BCUT2D eigenvalue weighted by molar-refractivity contribution is -0.0203. The molecule has 2 N–H and O–H groups in total. The van der Waals surface area contributed by atoms with E-state index < -0.39 is 0 Å². The van der Waals surface area contributed by atoms with Crippen LogP contribution in [0.15, 0.2) is 4.52 Å². The Kier molecular flexibility index (Phi) is 5.50. The Hall–Kier alpha value is -0.940. The Balaban J connectivity index is 2.87. The summed E-state index contributed by atoms with van der Waals surface area (Å²) in [5.41, 5.74) is 5.97. The summed E-state index contributed by atoms with van der Waals surface area (Å²) in [5.74, 6) is 1.58. The summed E-state index contributed by atoms with van der Waals surface area (Å²) < 4.78 is 11.0. The van der Waals surface area contributed by atoms with Crippen LogP contribution in [0.2, 0.25) is 0 Å². The molecule has 2 unspecified atom stereocenters. The molecule has 5 nitrogen and oxygen atoms in total. The van der Waals surface area contributed by atoms with E-state index in [1.165, 1.54) is 0 Å². The molecule has 1 aromatic heterocycles. The molecule has 0 amide bonds. The Morgan fingerprint density at radius 1 is 1.32 bits per heavy atom. The standard InChI is InChI=1S/C14H27N3O2/c1-7-18-11(14(4,5)6)12-16-13(19-17-12)10(15)8-9(2)3/h9-11H,7-8,15H2,1-6H3. The second kappa shape index (κ2) is 6.48. The van der Waals surface area contributed by atoms with Crippen molar-refractivity contribution in [3.63, 3.8) is 0 Å². The molecule has 0 aliphatic carbocycles. The predicted octanol–water partition coefficient (Wildman–Crippen LogP) is 3.24. The van der Waals surface area contributed by atoms with Crippen LogP contribution >= 0.6 is 0 Å². The van der Waals surface area contributed by atoms with Crippen molar-refractivity contribution in [2.45, 2.75) is 60.1 Å². The average molecular weight is 269 g/mol. The largest absolute Gasteiger partial charge is 0.370 e. The molecule has 5 heteroatoms. The molecular weight excluding hydrogens is 242 g/mol. The number of hydrogen-bond acceptors (Lipinski definition) is 5. The summed E-state index contributed by atoms with van der Waals surface area (Å²) in [6.07, 6.45) is 0.650. The highest BCUT2D eigenvalue weighted by Crippen LogP contribution is 2.34. The normalized spacial score (nSPS) is 15.8. The summed E-state index contributed by atoms with van der Waals surface area (Å²) >= 11 is 0. The number of ether oxygens (including phenoxy) is 1. The van der Waals surface area contributed by atoms with Gasteiger partial charge in [-0.15, -0.1) is 0 Å². The van der Waals surface area contributed by atoms with Gasteiger partial charge in [-0.05, 0) is 24.7 Å². The molecule has 2 atom stereocenters. The molecule has 0 saturated heterocycles. The minimum atomic E-state index is -0.205. The van der Waals surface area contributed by atoms with E-state index in [0.717, 1.165) is 6.42 Å². The van der Waals surface area contributed by atoms with Crippen molar-refractivity contribution >= 4 is 0 Å². The smallest absolute Gasteiger partial charge is 0.243 e. The van der Waals surface area contributed by atoms with Crippen LogP contribution in [-0.2, 0) is 4.74 Å². The Labute approximate surface area is 115 Å². The maximum absolute atomic E-state index is 6.06. The van der Waals surface area contributed by atoms with Crippen molar-refractivity contribution in [1.29, 1.82) is 0 Å². The lowest BCUT2D eigenvalue weighted by Crippen LogP contribution is -2.23. The highest BCUT2D eigenvalue weighted by Gasteiger charge is 2.31. The third kappa shape index (κ3) is 4.58. The Morgan fingerprint density at radius 3 is 2.42 bits per heavy atom. The van der Waals surface area contributed by atoms with E-state index in [1.807, 2.05) is 6.92 Å². The van der Waals surface area contributed by atoms with E-state index in [9.17, 15) is 0 Å². The molecular formula is C14H27N3O2. The fourth-order valence-corrected chi connectivity index (χ4v) is 1.99. The highest BCUT2D eigenvalue weighted by molar-refractivity contribution is 4.99. The molecule has 0 radical (unpaired) electrons. The number of nitrogens with two attached hydrogens (primary N) is 1. The molecule has 110 valence electrons. The van der Waals surface area contributed by atoms with E-state index in [4.69, 9.17) is 15.0 Å². The van der Waals surface area contributed by atoms with Crippen molar-refractivity contribution in [3.8, 4) is 0 Å². The Bertz CT molecular complexity index is 382. The average Bonchev–Trinajstić information content (AvgIpc) is 2.72. The van der Waals surface area contributed by atoms with Gasteiger partial charge in [0.1, 0.15) is 6.10 Å². The first-order valence-corrected chi connectivity index (χ1v) is 6.96. The maximum Gasteiger partial charge on any atom is 0.243 e. The third-order valence-corrected chi connectivity index (χ3v) is 2.85. The van der Waals surface area contributed by atoms with E-state index >= 15 is 0 Å². The molecule has 1 rings (SSSR count). The van der Waals surface area contributed by atoms with E-state index in [1.54, 1.807) is 0 Å².